The van der Waals surface area contributed by atoms with Crippen molar-refractivity contribution >= 4 is 19.8 Å². The highest BCUT2D eigenvalue weighted by molar-refractivity contribution is 7.47. The van der Waals surface area contributed by atoms with Gasteiger partial charge in [0.05, 0.1) is 13.2 Å². The molecule has 0 aromatic carbocycles. The zero-order chi connectivity index (χ0) is 46.7. The second-order valence-electron chi connectivity index (χ2n) is 18.1. The van der Waals surface area contributed by atoms with Crippen LogP contribution in [0, 0.1) is 0 Å². The van der Waals surface area contributed by atoms with Crippen LogP contribution in [0.3, 0.4) is 0 Å². The smallest absolute Gasteiger partial charge is 0.462 e. The van der Waals surface area contributed by atoms with Crippen LogP contribution < -0.4 is 5.73 Å². The number of hydrogen-bond acceptors (Lipinski definition) is 8. The van der Waals surface area contributed by atoms with Crippen LogP contribution >= 0.6 is 7.82 Å². The molecular formula is C54H102NO8P. The lowest BCUT2D eigenvalue weighted by atomic mass is 10.0. The normalized spacial score (nSPS) is 13.4. The van der Waals surface area contributed by atoms with Gasteiger partial charge in [0.1, 0.15) is 6.61 Å². The van der Waals surface area contributed by atoms with Gasteiger partial charge in [0.25, 0.3) is 0 Å². The van der Waals surface area contributed by atoms with Gasteiger partial charge in [-0.1, -0.05) is 237 Å². The Hall–Kier alpha value is -1.77. The highest BCUT2D eigenvalue weighted by Crippen LogP contribution is 2.43. The molecule has 0 rings (SSSR count). The average molecular weight is 924 g/mol. The Balaban J connectivity index is 4.01. The van der Waals surface area contributed by atoms with E-state index in [-0.39, 0.29) is 38.6 Å². The van der Waals surface area contributed by atoms with Gasteiger partial charge in [-0.05, 0) is 51.4 Å². The summed E-state index contributed by atoms with van der Waals surface area (Å²) in [7, 11) is -4.38. The first-order chi connectivity index (χ1) is 31.3. The van der Waals surface area contributed by atoms with Crippen LogP contribution in [0.25, 0.3) is 0 Å². The number of carbonyl (C=O) groups excluding carboxylic acids is 2. The van der Waals surface area contributed by atoms with Crippen molar-refractivity contribution in [2.75, 3.05) is 26.4 Å². The lowest BCUT2D eigenvalue weighted by molar-refractivity contribution is -0.161. The number of phosphoric acid groups is 1. The van der Waals surface area contributed by atoms with E-state index in [1.165, 1.54) is 173 Å². The van der Waals surface area contributed by atoms with Crippen LogP contribution in [0.2, 0.25) is 0 Å². The maximum Gasteiger partial charge on any atom is 0.472 e. The predicted octanol–water partition coefficient (Wildman–Crippen LogP) is 16.5. The van der Waals surface area contributed by atoms with Crippen LogP contribution in [0.1, 0.15) is 264 Å². The lowest BCUT2D eigenvalue weighted by Crippen LogP contribution is -2.29. The van der Waals surface area contributed by atoms with Crippen molar-refractivity contribution in [2.45, 2.75) is 270 Å². The maximum atomic E-state index is 12.7. The third kappa shape index (κ3) is 49.7. The van der Waals surface area contributed by atoms with Crippen LogP contribution in [0.5, 0.6) is 0 Å². The first kappa shape index (κ1) is 62.2. The highest BCUT2D eigenvalue weighted by Gasteiger charge is 2.26. The summed E-state index contributed by atoms with van der Waals surface area (Å²) < 4.78 is 33.0. The standard InChI is InChI=1S/C54H102NO8P/c1-3-5-7-9-11-13-15-17-19-21-23-24-25-26-27-28-29-31-33-35-37-39-41-43-45-47-54(57)63-52(51-62-64(58,59)61-49-48-55)50-60-53(56)46-44-42-40-38-36-34-32-30-22-20-18-16-14-12-10-8-6-4-2/h15,17,21,23,25-26,52H,3-14,16,18-20,22,24,27-51,55H2,1-2H3,(H,58,59)/b17-15-,23-21-,26-25-. The third-order valence-corrected chi connectivity index (χ3v) is 12.8. The summed E-state index contributed by atoms with van der Waals surface area (Å²) >= 11 is 0. The number of esters is 2. The van der Waals surface area contributed by atoms with E-state index in [1.807, 2.05) is 0 Å². The van der Waals surface area contributed by atoms with E-state index in [2.05, 4.69) is 50.3 Å². The minimum atomic E-state index is -4.38. The van der Waals surface area contributed by atoms with E-state index in [9.17, 15) is 19.0 Å². The van der Waals surface area contributed by atoms with Gasteiger partial charge in [0.15, 0.2) is 6.10 Å². The number of ether oxygens (including phenoxy) is 2. The zero-order valence-corrected chi connectivity index (χ0v) is 42.7. The predicted molar refractivity (Wildman–Crippen MR) is 270 cm³/mol. The Morgan fingerprint density at radius 1 is 0.469 bits per heavy atom. The fourth-order valence-corrected chi connectivity index (χ4v) is 8.53. The Kier molecular flexibility index (Phi) is 49.2. The Morgan fingerprint density at radius 2 is 0.812 bits per heavy atom. The molecule has 3 N–H and O–H groups in total. The molecular weight excluding hydrogens is 822 g/mol. The Bertz CT molecular complexity index is 1140. The van der Waals surface area contributed by atoms with Crippen LogP contribution in [0.15, 0.2) is 36.5 Å². The van der Waals surface area contributed by atoms with Crippen LogP contribution in [-0.2, 0) is 32.7 Å². The fourth-order valence-electron chi connectivity index (χ4n) is 7.76. The zero-order valence-electron chi connectivity index (χ0n) is 41.8. The molecule has 10 heteroatoms. The summed E-state index contributed by atoms with van der Waals surface area (Å²) in [5.74, 6) is -0.820. The van der Waals surface area contributed by atoms with Crippen molar-refractivity contribution in [3.05, 3.63) is 36.5 Å². The van der Waals surface area contributed by atoms with E-state index in [0.29, 0.717) is 6.42 Å². The van der Waals surface area contributed by atoms with Gasteiger partial charge >= 0.3 is 19.8 Å². The quantitative estimate of drug-likeness (QED) is 0.0265. The molecule has 0 aliphatic rings. The van der Waals surface area contributed by atoms with Crippen molar-refractivity contribution in [2.24, 2.45) is 5.73 Å². The number of rotatable bonds is 51. The van der Waals surface area contributed by atoms with Crippen molar-refractivity contribution in [1.29, 1.82) is 0 Å². The highest BCUT2D eigenvalue weighted by atomic mass is 31.2. The van der Waals surface area contributed by atoms with Crippen molar-refractivity contribution in [1.82, 2.24) is 0 Å². The minimum Gasteiger partial charge on any atom is -0.462 e. The molecule has 0 aromatic heterocycles. The second-order valence-corrected chi connectivity index (χ2v) is 19.6. The summed E-state index contributed by atoms with van der Waals surface area (Å²) in [6.07, 6.45) is 59.0. The molecule has 0 aliphatic heterocycles. The summed E-state index contributed by atoms with van der Waals surface area (Å²) in [5.41, 5.74) is 5.37. The van der Waals surface area contributed by atoms with Gasteiger partial charge in [-0.15, -0.1) is 0 Å². The summed E-state index contributed by atoms with van der Waals surface area (Å²) in [6, 6.07) is 0. The number of phosphoric ester groups is 1. The number of carbonyl (C=O) groups is 2. The summed E-state index contributed by atoms with van der Waals surface area (Å²) in [4.78, 5) is 35.1. The van der Waals surface area contributed by atoms with Gasteiger partial charge in [-0.2, -0.15) is 0 Å². The first-order valence-corrected chi connectivity index (χ1v) is 28.5. The average Bonchev–Trinajstić information content (AvgIpc) is 3.28. The molecule has 0 heterocycles. The van der Waals surface area contributed by atoms with E-state index < -0.39 is 26.5 Å². The molecule has 0 spiro atoms. The van der Waals surface area contributed by atoms with Crippen molar-refractivity contribution < 1.29 is 37.6 Å². The molecule has 0 saturated carbocycles. The van der Waals surface area contributed by atoms with E-state index in [1.54, 1.807) is 0 Å². The third-order valence-electron chi connectivity index (χ3n) is 11.8. The molecule has 0 fully saturated rings. The summed E-state index contributed by atoms with van der Waals surface area (Å²) in [5, 5.41) is 0. The molecule has 2 atom stereocenters. The first-order valence-electron chi connectivity index (χ1n) is 27.0. The van der Waals surface area contributed by atoms with Gasteiger partial charge in [0.2, 0.25) is 0 Å². The molecule has 0 bridgehead atoms. The second kappa shape index (κ2) is 50.6. The van der Waals surface area contributed by atoms with Crippen molar-refractivity contribution in [3.63, 3.8) is 0 Å². The minimum absolute atomic E-state index is 0.0538. The Morgan fingerprint density at radius 3 is 1.20 bits per heavy atom. The molecule has 0 radical (unpaired) electrons. The van der Waals surface area contributed by atoms with Gasteiger partial charge in [0, 0.05) is 19.4 Å². The Labute approximate surface area is 394 Å². The molecule has 0 saturated heterocycles. The van der Waals surface area contributed by atoms with Crippen molar-refractivity contribution in [3.8, 4) is 0 Å². The van der Waals surface area contributed by atoms with Gasteiger partial charge in [-0.25, -0.2) is 4.57 Å². The SMILES string of the molecule is CCCCCCC/C=C\C/C=C\C/C=C\CCCCCCCCCCCCC(=O)OC(COC(=O)CCCCCCCCCCCCCCCCCCCC)COP(=O)(O)OCCN. The maximum absolute atomic E-state index is 12.7. The van der Waals surface area contributed by atoms with Gasteiger partial charge < -0.3 is 20.1 Å². The molecule has 0 aliphatic carbocycles. The van der Waals surface area contributed by atoms with Crippen LogP contribution in [-0.4, -0.2) is 49.3 Å². The molecule has 0 aromatic rings. The monoisotopic (exact) mass is 924 g/mol. The number of hydrogen-bond donors (Lipinski definition) is 2. The topological polar surface area (TPSA) is 134 Å². The molecule has 376 valence electrons. The fraction of sp³-hybridized carbons (Fsp3) is 0.852. The molecule has 9 nitrogen and oxygen atoms in total. The largest absolute Gasteiger partial charge is 0.472 e. The molecule has 64 heavy (non-hydrogen) atoms. The van der Waals surface area contributed by atoms with E-state index in [0.717, 1.165) is 57.8 Å². The molecule has 2 unspecified atom stereocenters. The van der Waals surface area contributed by atoms with E-state index >= 15 is 0 Å². The molecule has 0 amide bonds. The van der Waals surface area contributed by atoms with E-state index in [4.69, 9.17) is 24.3 Å². The van der Waals surface area contributed by atoms with Gasteiger partial charge in [-0.3, -0.25) is 18.6 Å². The van der Waals surface area contributed by atoms with Crippen LogP contribution in [0.4, 0.5) is 0 Å². The number of allylic oxidation sites excluding steroid dienone is 6. The number of nitrogens with two attached hydrogens (primary N) is 1. The summed E-state index contributed by atoms with van der Waals surface area (Å²) in [6.45, 7) is 3.76. The lowest BCUT2D eigenvalue weighted by Gasteiger charge is -2.19. The number of unbranched alkanes of at least 4 members (excludes halogenated alkanes) is 32.